The van der Waals surface area contributed by atoms with Gasteiger partial charge in [-0.2, -0.15) is 0 Å². The van der Waals surface area contributed by atoms with E-state index in [1.165, 1.54) is 0 Å². The van der Waals surface area contributed by atoms with Crippen molar-refractivity contribution in [3.63, 3.8) is 0 Å². The van der Waals surface area contributed by atoms with Gasteiger partial charge in [0.05, 0.1) is 18.6 Å². The van der Waals surface area contributed by atoms with Crippen LogP contribution in [0.2, 0.25) is 0 Å². The van der Waals surface area contributed by atoms with Crippen LogP contribution in [-0.4, -0.2) is 0 Å². The highest BCUT2D eigenvalue weighted by molar-refractivity contribution is 5.83. The highest BCUT2D eigenvalue weighted by Gasteiger charge is 2.20. The van der Waals surface area contributed by atoms with Crippen LogP contribution in [-0.2, 0) is 6.42 Å². The van der Waals surface area contributed by atoms with Crippen LogP contribution in [0.25, 0.3) is 11.0 Å². The monoisotopic (exact) mass is 241 g/mol. The van der Waals surface area contributed by atoms with Crippen molar-refractivity contribution in [2.75, 3.05) is 0 Å². The molecule has 0 radical (unpaired) electrons. The molecule has 3 heteroatoms. The quantitative estimate of drug-likeness (QED) is 0.761. The molecular weight excluding hydrogens is 226 g/mol. The summed E-state index contributed by atoms with van der Waals surface area (Å²) in [6.07, 6.45) is 4.16. The molecule has 0 bridgehead atoms. The summed E-state index contributed by atoms with van der Waals surface area (Å²) >= 11 is 0. The van der Waals surface area contributed by atoms with Crippen LogP contribution in [0.15, 0.2) is 51.7 Å². The first kappa shape index (κ1) is 11.1. The van der Waals surface area contributed by atoms with E-state index >= 15 is 0 Å². The summed E-state index contributed by atoms with van der Waals surface area (Å²) in [6, 6.07) is 9.68. The second-order valence-electron chi connectivity index (χ2n) is 4.32. The molecule has 3 rings (SSSR count). The minimum Gasteiger partial charge on any atom is -0.472 e. The van der Waals surface area contributed by atoms with E-state index in [1.807, 2.05) is 30.3 Å². The first-order chi connectivity index (χ1) is 8.81. The van der Waals surface area contributed by atoms with Crippen LogP contribution in [0, 0.1) is 0 Å². The van der Waals surface area contributed by atoms with Gasteiger partial charge < -0.3 is 14.6 Å². The van der Waals surface area contributed by atoms with Crippen molar-refractivity contribution in [1.82, 2.24) is 0 Å². The lowest BCUT2D eigenvalue weighted by Gasteiger charge is -2.09. The maximum atomic E-state index is 6.33. The van der Waals surface area contributed by atoms with E-state index in [4.69, 9.17) is 14.6 Å². The summed E-state index contributed by atoms with van der Waals surface area (Å²) in [5.74, 6) is 0.949. The van der Waals surface area contributed by atoms with Gasteiger partial charge in [0.15, 0.2) is 0 Å². The molecule has 0 aliphatic heterocycles. The summed E-state index contributed by atoms with van der Waals surface area (Å²) in [6.45, 7) is 2.07. The van der Waals surface area contributed by atoms with Crippen LogP contribution >= 0.6 is 0 Å². The molecule has 2 aromatic heterocycles. The Bertz CT molecular complexity index is 652. The molecule has 1 atom stereocenters. The molecule has 3 nitrogen and oxygen atoms in total. The lowest BCUT2D eigenvalue weighted by molar-refractivity contribution is 0.544. The van der Waals surface area contributed by atoms with Gasteiger partial charge in [-0.3, -0.25) is 0 Å². The van der Waals surface area contributed by atoms with Crippen LogP contribution in [0.3, 0.4) is 0 Å². The number of furan rings is 2. The first-order valence-corrected chi connectivity index (χ1v) is 6.09. The van der Waals surface area contributed by atoms with Crippen molar-refractivity contribution >= 4 is 11.0 Å². The molecule has 0 aliphatic carbocycles. The molecule has 0 spiro atoms. The van der Waals surface area contributed by atoms with Gasteiger partial charge in [-0.1, -0.05) is 25.1 Å². The zero-order chi connectivity index (χ0) is 12.5. The van der Waals surface area contributed by atoms with Gasteiger partial charge in [0.2, 0.25) is 0 Å². The van der Waals surface area contributed by atoms with Crippen LogP contribution in [0.1, 0.15) is 29.9 Å². The molecule has 92 valence electrons. The van der Waals surface area contributed by atoms with E-state index in [9.17, 15) is 0 Å². The normalized spacial score (nSPS) is 13.0. The number of hydrogen-bond acceptors (Lipinski definition) is 3. The molecule has 0 fully saturated rings. The molecule has 1 aromatic carbocycles. The van der Waals surface area contributed by atoms with Crippen molar-refractivity contribution in [3.05, 3.63) is 59.7 Å². The van der Waals surface area contributed by atoms with E-state index in [0.29, 0.717) is 0 Å². The Kier molecular flexibility index (Phi) is 2.68. The fourth-order valence-corrected chi connectivity index (χ4v) is 2.34. The number of nitrogens with two attached hydrogens (primary N) is 1. The molecule has 2 heterocycles. The largest absolute Gasteiger partial charge is 0.472 e. The fraction of sp³-hybridized carbons (Fsp3) is 0.200. The zero-order valence-corrected chi connectivity index (χ0v) is 10.2. The van der Waals surface area contributed by atoms with Crippen LogP contribution in [0.5, 0.6) is 0 Å². The minimum absolute atomic E-state index is 0.206. The summed E-state index contributed by atoms with van der Waals surface area (Å²) < 4.78 is 11.0. The topological polar surface area (TPSA) is 52.3 Å². The maximum Gasteiger partial charge on any atom is 0.134 e. The van der Waals surface area contributed by atoms with Crippen molar-refractivity contribution in [2.45, 2.75) is 19.4 Å². The molecule has 0 saturated carbocycles. The summed E-state index contributed by atoms with van der Waals surface area (Å²) in [4.78, 5) is 0. The average Bonchev–Trinajstić information content (AvgIpc) is 3.04. The second-order valence-corrected chi connectivity index (χ2v) is 4.32. The van der Waals surface area contributed by atoms with E-state index in [2.05, 4.69) is 6.92 Å². The Morgan fingerprint density at radius 1 is 1.22 bits per heavy atom. The molecule has 0 amide bonds. The van der Waals surface area contributed by atoms with Crippen molar-refractivity contribution in [3.8, 4) is 0 Å². The third-order valence-corrected chi connectivity index (χ3v) is 3.25. The van der Waals surface area contributed by atoms with Gasteiger partial charge in [-0.25, -0.2) is 0 Å². The Labute approximate surface area is 105 Å². The fourth-order valence-electron chi connectivity index (χ4n) is 2.34. The molecule has 0 saturated heterocycles. The van der Waals surface area contributed by atoms with Gasteiger partial charge in [-0.15, -0.1) is 0 Å². The summed E-state index contributed by atoms with van der Waals surface area (Å²) in [5, 5.41) is 1.09. The lowest BCUT2D eigenvalue weighted by atomic mass is 9.98. The number of para-hydroxylation sites is 1. The maximum absolute atomic E-state index is 6.33. The van der Waals surface area contributed by atoms with Crippen LogP contribution in [0.4, 0.5) is 0 Å². The Morgan fingerprint density at radius 3 is 2.78 bits per heavy atom. The van der Waals surface area contributed by atoms with Crippen molar-refractivity contribution < 1.29 is 8.83 Å². The van der Waals surface area contributed by atoms with Gasteiger partial charge >= 0.3 is 0 Å². The predicted octanol–water partition coefficient (Wildman–Crippen LogP) is 3.64. The zero-order valence-electron chi connectivity index (χ0n) is 10.2. The number of hydrogen-bond donors (Lipinski definition) is 1. The Balaban J connectivity index is 2.20. The van der Waals surface area contributed by atoms with E-state index in [1.54, 1.807) is 12.5 Å². The Morgan fingerprint density at radius 2 is 2.06 bits per heavy atom. The van der Waals surface area contributed by atoms with E-state index in [0.717, 1.165) is 34.3 Å². The summed E-state index contributed by atoms with van der Waals surface area (Å²) in [5.41, 5.74) is 9.25. The van der Waals surface area contributed by atoms with Gasteiger partial charge in [0.25, 0.3) is 0 Å². The van der Waals surface area contributed by atoms with E-state index < -0.39 is 0 Å². The molecular formula is C15H15NO2. The molecule has 1 unspecified atom stereocenters. The van der Waals surface area contributed by atoms with Crippen LogP contribution < -0.4 is 5.73 Å². The number of benzene rings is 1. The number of aryl methyl sites for hydroxylation is 1. The van der Waals surface area contributed by atoms with Gasteiger partial charge in [0, 0.05) is 22.9 Å². The highest BCUT2D eigenvalue weighted by Crippen LogP contribution is 2.33. The molecule has 0 aliphatic rings. The smallest absolute Gasteiger partial charge is 0.134 e. The standard InChI is InChI=1S/C15H15NO2/c1-2-12-14(15(16)10-7-8-17-9-10)11-5-3-4-6-13(11)18-12/h3-9,15H,2,16H2,1H3. The number of fused-ring (bicyclic) bond motifs is 1. The first-order valence-electron chi connectivity index (χ1n) is 6.09. The third-order valence-electron chi connectivity index (χ3n) is 3.25. The van der Waals surface area contributed by atoms with E-state index in [-0.39, 0.29) is 6.04 Å². The second kappa shape index (κ2) is 4.35. The average molecular weight is 241 g/mol. The molecule has 3 aromatic rings. The molecule has 2 N–H and O–H groups in total. The van der Waals surface area contributed by atoms with Gasteiger partial charge in [-0.05, 0) is 12.1 Å². The molecule has 18 heavy (non-hydrogen) atoms. The van der Waals surface area contributed by atoms with Gasteiger partial charge in [0.1, 0.15) is 11.3 Å². The third kappa shape index (κ3) is 1.64. The number of rotatable bonds is 3. The van der Waals surface area contributed by atoms with Crippen molar-refractivity contribution in [2.24, 2.45) is 5.73 Å². The minimum atomic E-state index is -0.206. The lowest BCUT2D eigenvalue weighted by Crippen LogP contribution is -2.12. The predicted molar refractivity (Wildman–Crippen MR) is 70.3 cm³/mol. The SMILES string of the molecule is CCc1oc2ccccc2c1C(N)c1ccoc1. The highest BCUT2D eigenvalue weighted by atomic mass is 16.3. The summed E-state index contributed by atoms with van der Waals surface area (Å²) in [7, 11) is 0. The Hall–Kier alpha value is -2.00. The van der Waals surface area contributed by atoms with Crippen molar-refractivity contribution in [1.29, 1.82) is 0 Å².